The average molecular weight is 255 g/mol. The van der Waals surface area contributed by atoms with E-state index in [4.69, 9.17) is 4.74 Å². The van der Waals surface area contributed by atoms with Crippen LogP contribution in [-0.4, -0.2) is 16.8 Å². The second kappa shape index (κ2) is 4.61. The van der Waals surface area contributed by atoms with E-state index in [2.05, 4.69) is 15.2 Å². The molecular weight excluding hydrogens is 242 g/mol. The molecule has 5 heteroatoms. The van der Waals surface area contributed by atoms with Crippen LogP contribution in [0.5, 0.6) is 5.88 Å². The predicted octanol–water partition coefficient (Wildman–Crippen LogP) is 0.556. The van der Waals surface area contributed by atoms with Crippen molar-refractivity contribution in [1.82, 2.24) is 10.2 Å². The van der Waals surface area contributed by atoms with Gasteiger partial charge in [-0.15, -0.1) is 0 Å². The van der Waals surface area contributed by atoms with Crippen LogP contribution >= 0.6 is 0 Å². The van der Waals surface area contributed by atoms with Gasteiger partial charge in [-0.3, -0.25) is 15.0 Å². The molecule has 96 valence electrons. The van der Waals surface area contributed by atoms with Crippen molar-refractivity contribution in [3.63, 3.8) is 0 Å². The fourth-order valence-electron chi connectivity index (χ4n) is 2.00. The number of allylic oxidation sites excluding steroid dienone is 1. The van der Waals surface area contributed by atoms with Crippen molar-refractivity contribution in [1.29, 1.82) is 0 Å². The highest BCUT2D eigenvalue weighted by molar-refractivity contribution is 5.67. The summed E-state index contributed by atoms with van der Waals surface area (Å²) in [7, 11) is 0. The van der Waals surface area contributed by atoms with Gasteiger partial charge in [0.05, 0.1) is 17.7 Å². The summed E-state index contributed by atoms with van der Waals surface area (Å²) >= 11 is 0. The number of hydrogen-bond acceptors (Lipinski definition) is 3. The highest BCUT2D eigenvalue weighted by Crippen LogP contribution is 2.15. The standard InChI is InChI=1S/C14H13N3O2/c1-2-19-14-11(13(18)16-17-14)8-10-7-9-5-3-4-6-12(9)15-10/h3-8H,2H2,1H3,(H2,16,17,18). The zero-order valence-corrected chi connectivity index (χ0v) is 10.4. The molecule has 1 aliphatic heterocycles. The number of benzene rings is 1. The van der Waals surface area contributed by atoms with Crippen LogP contribution in [0.15, 0.2) is 39.7 Å². The molecule has 0 amide bonds. The first-order valence-corrected chi connectivity index (χ1v) is 6.08. The molecule has 2 aromatic rings. The molecule has 0 unspecified atom stereocenters. The lowest BCUT2D eigenvalue weighted by Crippen LogP contribution is -2.19. The lowest BCUT2D eigenvalue weighted by Gasteiger charge is -1.99. The topological polar surface area (TPSA) is 70.2 Å². The first kappa shape index (κ1) is 11.5. The zero-order valence-electron chi connectivity index (χ0n) is 10.4. The van der Waals surface area contributed by atoms with E-state index in [0.29, 0.717) is 18.1 Å². The molecule has 0 bridgehead atoms. The van der Waals surface area contributed by atoms with Crippen LogP contribution in [0.4, 0.5) is 0 Å². The molecule has 1 aliphatic rings. The number of aromatic amines is 2. The minimum absolute atomic E-state index is 0.212. The lowest BCUT2D eigenvalue weighted by atomic mass is 10.2. The smallest absolute Gasteiger partial charge is 0.275 e. The van der Waals surface area contributed by atoms with Gasteiger partial charge < -0.3 is 4.74 Å². The van der Waals surface area contributed by atoms with E-state index in [0.717, 1.165) is 16.3 Å². The van der Waals surface area contributed by atoms with Crippen LogP contribution < -0.4 is 20.9 Å². The maximum absolute atomic E-state index is 11.7. The van der Waals surface area contributed by atoms with Gasteiger partial charge in [0, 0.05) is 5.22 Å². The van der Waals surface area contributed by atoms with Crippen molar-refractivity contribution in [3.05, 3.63) is 56.5 Å². The number of rotatable bonds is 3. The molecule has 0 atom stereocenters. The molecule has 0 saturated carbocycles. The van der Waals surface area contributed by atoms with Gasteiger partial charge in [-0.2, -0.15) is 0 Å². The largest absolute Gasteiger partial charge is 0.478 e. The van der Waals surface area contributed by atoms with Gasteiger partial charge in [0.2, 0.25) is 5.88 Å². The minimum atomic E-state index is -0.212. The maximum Gasteiger partial charge on any atom is 0.275 e. The highest BCUT2D eigenvalue weighted by atomic mass is 16.5. The Balaban J connectivity index is 2.07. The number of nitrogens with one attached hydrogen (secondary N) is 2. The van der Waals surface area contributed by atoms with E-state index in [1.807, 2.05) is 37.3 Å². The summed E-state index contributed by atoms with van der Waals surface area (Å²) in [6, 6.07) is 7.83. The third-order valence-electron chi connectivity index (χ3n) is 2.85. The van der Waals surface area contributed by atoms with Crippen LogP contribution in [0.3, 0.4) is 0 Å². The molecule has 0 radical (unpaired) electrons. The number of hydrogen-bond donors (Lipinski definition) is 2. The van der Waals surface area contributed by atoms with Crippen LogP contribution in [-0.2, 0) is 0 Å². The van der Waals surface area contributed by atoms with Crippen LogP contribution in [0.1, 0.15) is 12.5 Å². The SMILES string of the molecule is CCOc1[nH][nH]c(=O)c1C=C1C=c2ccccc2=N1. The van der Waals surface area contributed by atoms with Gasteiger partial charge in [0.25, 0.3) is 5.56 Å². The molecule has 0 fully saturated rings. The van der Waals surface area contributed by atoms with E-state index in [1.54, 1.807) is 6.08 Å². The Labute approximate surface area is 108 Å². The summed E-state index contributed by atoms with van der Waals surface area (Å²) in [4.78, 5) is 16.2. The van der Waals surface area contributed by atoms with Crippen LogP contribution in [0.25, 0.3) is 12.2 Å². The van der Waals surface area contributed by atoms with Crippen molar-refractivity contribution < 1.29 is 4.74 Å². The van der Waals surface area contributed by atoms with Crippen molar-refractivity contribution >= 4 is 12.2 Å². The van der Waals surface area contributed by atoms with Gasteiger partial charge in [0.15, 0.2) is 0 Å². The van der Waals surface area contributed by atoms with Crippen LogP contribution in [0.2, 0.25) is 0 Å². The Kier molecular flexibility index (Phi) is 2.79. The molecule has 0 spiro atoms. The van der Waals surface area contributed by atoms with E-state index in [-0.39, 0.29) is 5.56 Å². The molecule has 0 aliphatic carbocycles. The van der Waals surface area contributed by atoms with Gasteiger partial charge in [-0.25, -0.2) is 4.99 Å². The first-order chi connectivity index (χ1) is 9.28. The fourth-order valence-corrected chi connectivity index (χ4v) is 2.00. The minimum Gasteiger partial charge on any atom is -0.478 e. The van der Waals surface area contributed by atoms with E-state index < -0.39 is 0 Å². The van der Waals surface area contributed by atoms with Gasteiger partial charge in [-0.05, 0) is 25.1 Å². The van der Waals surface area contributed by atoms with Crippen molar-refractivity contribution in [2.75, 3.05) is 6.61 Å². The Morgan fingerprint density at radius 2 is 2.16 bits per heavy atom. The second-order valence-corrected chi connectivity index (χ2v) is 4.14. The number of nitrogens with zero attached hydrogens (tertiary/aromatic N) is 1. The average Bonchev–Trinajstić information content (AvgIpc) is 2.96. The summed E-state index contributed by atoms with van der Waals surface area (Å²) in [5, 5.41) is 7.19. The fraction of sp³-hybridized carbons (Fsp3) is 0.143. The van der Waals surface area contributed by atoms with Crippen molar-refractivity contribution in [2.45, 2.75) is 6.92 Å². The zero-order chi connectivity index (χ0) is 13.2. The summed E-state index contributed by atoms with van der Waals surface area (Å²) in [5.74, 6) is 0.444. The number of aromatic nitrogens is 2. The predicted molar refractivity (Wildman–Crippen MR) is 72.2 cm³/mol. The normalized spacial score (nSPS) is 14.9. The third kappa shape index (κ3) is 2.10. The van der Waals surface area contributed by atoms with Gasteiger partial charge in [-0.1, -0.05) is 18.2 Å². The molecular formula is C14H13N3O2. The number of para-hydroxylation sites is 1. The molecule has 2 heterocycles. The number of ether oxygens (including phenoxy) is 1. The summed E-state index contributed by atoms with van der Waals surface area (Å²) in [5.41, 5.74) is 0.993. The van der Waals surface area contributed by atoms with E-state index >= 15 is 0 Å². The summed E-state index contributed by atoms with van der Waals surface area (Å²) < 4.78 is 5.36. The summed E-state index contributed by atoms with van der Waals surface area (Å²) in [6.45, 7) is 2.36. The Hall–Kier alpha value is -2.56. The maximum atomic E-state index is 11.7. The Morgan fingerprint density at radius 1 is 1.32 bits per heavy atom. The van der Waals surface area contributed by atoms with E-state index in [9.17, 15) is 4.79 Å². The summed E-state index contributed by atoms with van der Waals surface area (Å²) in [6.07, 6.45) is 3.66. The second-order valence-electron chi connectivity index (χ2n) is 4.14. The molecule has 0 saturated heterocycles. The molecule has 1 aromatic heterocycles. The van der Waals surface area contributed by atoms with E-state index in [1.165, 1.54) is 0 Å². The molecule has 1 aromatic carbocycles. The molecule has 3 rings (SSSR count). The first-order valence-electron chi connectivity index (χ1n) is 6.08. The molecule has 19 heavy (non-hydrogen) atoms. The lowest BCUT2D eigenvalue weighted by molar-refractivity contribution is 0.325. The van der Waals surface area contributed by atoms with Crippen molar-refractivity contribution in [3.8, 4) is 5.88 Å². The third-order valence-corrected chi connectivity index (χ3v) is 2.85. The quantitative estimate of drug-likeness (QED) is 0.841. The molecule has 5 nitrogen and oxygen atoms in total. The van der Waals surface area contributed by atoms with Crippen LogP contribution in [0, 0.1) is 0 Å². The van der Waals surface area contributed by atoms with Gasteiger partial charge >= 0.3 is 0 Å². The Bertz CT molecular complexity index is 775. The molecule has 2 N–H and O–H groups in total. The van der Waals surface area contributed by atoms with Crippen molar-refractivity contribution in [2.24, 2.45) is 4.99 Å². The highest BCUT2D eigenvalue weighted by Gasteiger charge is 2.10. The number of H-pyrrole nitrogens is 2. The number of fused-ring (bicyclic) bond motifs is 1. The van der Waals surface area contributed by atoms with Gasteiger partial charge in [0.1, 0.15) is 5.56 Å². The monoisotopic (exact) mass is 255 g/mol. The Morgan fingerprint density at radius 3 is 2.95 bits per heavy atom.